The zero-order valence-corrected chi connectivity index (χ0v) is 42.5. The zero-order valence-electron chi connectivity index (χ0n) is 42.2. The van der Waals surface area contributed by atoms with E-state index in [1.165, 1.54) is 38.7 Å². The number of aryl methyl sites for hydroxylation is 4. The Morgan fingerprint density at radius 1 is 0.703 bits per heavy atom. The monoisotopic (exact) mass is 1040 g/mol. The van der Waals surface area contributed by atoms with Crippen molar-refractivity contribution in [3.05, 3.63) is 161 Å². The Kier molecular flexibility index (Phi) is 12.3. The number of imidazole rings is 1. The summed E-state index contributed by atoms with van der Waals surface area (Å²) >= 11 is 0. The molecule has 0 unspecified atom stereocenters. The molecule has 4 aromatic heterocycles. The second kappa shape index (κ2) is 18.6. The van der Waals surface area contributed by atoms with E-state index in [2.05, 4.69) is 170 Å². The minimum atomic E-state index is -2.09. The standard InChI is InChI=1S/C39H36N3O.C18H24NSi.Ir/c1-22(2)32-20-28(27-14-9-8-10-15-27)21-33(23(3)4)37(32)42-36-26(7)40-25(6)24(5)35(36)41-39(42)31-18-13-17-30-29-16-11-12-19-34(29)43-38(30)31;1-13(2)16-11-17(15-9-7-14(3)8-10-15)19-12-18(16)20(4,5)6;/h8-17,19-23H,1-7H3;7-9,11-13H,1-6H3;/q2*-1;/i;3D3;. The first-order valence-electron chi connectivity index (χ1n) is 23.7. The molecule has 329 valence electrons. The Morgan fingerprint density at radius 3 is 2.00 bits per heavy atom. The van der Waals surface area contributed by atoms with Crippen molar-refractivity contribution in [1.82, 2.24) is 19.5 Å². The summed E-state index contributed by atoms with van der Waals surface area (Å²) in [5.41, 5.74) is 17.1. The van der Waals surface area contributed by atoms with Crippen LogP contribution < -0.4 is 5.19 Å². The molecule has 7 heteroatoms. The van der Waals surface area contributed by atoms with Gasteiger partial charge in [-0.2, -0.15) is 0 Å². The van der Waals surface area contributed by atoms with Crippen LogP contribution >= 0.6 is 0 Å². The van der Waals surface area contributed by atoms with Crippen LogP contribution in [0.4, 0.5) is 0 Å². The van der Waals surface area contributed by atoms with Crippen LogP contribution in [0, 0.1) is 39.8 Å². The maximum atomic E-state index is 7.44. The number of fused-ring (bicyclic) bond motifs is 4. The van der Waals surface area contributed by atoms with Crippen LogP contribution in [-0.2, 0) is 20.1 Å². The van der Waals surface area contributed by atoms with Crippen LogP contribution in [0.5, 0.6) is 0 Å². The van der Waals surface area contributed by atoms with Crippen LogP contribution in [-0.4, -0.2) is 27.6 Å². The van der Waals surface area contributed by atoms with Gasteiger partial charge in [-0.3, -0.25) is 9.97 Å². The first kappa shape index (κ1) is 42.5. The quantitative estimate of drug-likeness (QED) is 0.112. The number of pyridine rings is 2. The van der Waals surface area contributed by atoms with Gasteiger partial charge in [0.25, 0.3) is 0 Å². The Labute approximate surface area is 399 Å². The third-order valence-corrected chi connectivity index (χ3v) is 14.2. The number of rotatable bonds is 8. The van der Waals surface area contributed by atoms with Crippen molar-refractivity contribution in [1.29, 1.82) is 0 Å². The Morgan fingerprint density at radius 2 is 1.38 bits per heavy atom. The molecule has 9 aromatic rings. The van der Waals surface area contributed by atoms with E-state index in [1.807, 2.05) is 24.4 Å². The fraction of sp³-hybridized carbons (Fsp3) is 0.281. The van der Waals surface area contributed by atoms with Crippen molar-refractivity contribution in [3.63, 3.8) is 0 Å². The second-order valence-electron chi connectivity index (χ2n) is 18.8. The molecule has 0 bridgehead atoms. The Bertz CT molecular complexity index is 3210. The predicted octanol–water partition coefficient (Wildman–Crippen LogP) is 15.1. The van der Waals surface area contributed by atoms with Gasteiger partial charge >= 0.3 is 0 Å². The average molecular weight is 1040 g/mol. The van der Waals surface area contributed by atoms with Gasteiger partial charge in [0.15, 0.2) is 0 Å². The van der Waals surface area contributed by atoms with Gasteiger partial charge in [-0.15, -0.1) is 53.6 Å². The van der Waals surface area contributed by atoms with Crippen molar-refractivity contribution in [2.45, 2.75) is 107 Å². The van der Waals surface area contributed by atoms with Crippen LogP contribution in [0.15, 0.2) is 114 Å². The molecule has 0 fully saturated rings. The molecule has 0 aliphatic heterocycles. The second-order valence-corrected chi connectivity index (χ2v) is 23.8. The van der Waals surface area contributed by atoms with E-state index in [1.54, 1.807) is 18.2 Å². The molecule has 1 radical (unpaired) electrons. The molecule has 9 rings (SSSR count). The van der Waals surface area contributed by atoms with Crippen molar-refractivity contribution < 1.29 is 28.6 Å². The summed E-state index contributed by atoms with van der Waals surface area (Å²) in [6.45, 7) is 24.7. The van der Waals surface area contributed by atoms with Crippen molar-refractivity contribution in [2.75, 3.05) is 0 Å². The number of furan rings is 1. The minimum absolute atomic E-state index is 0. The number of aromatic nitrogens is 4. The SMILES string of the molecule is Cc1nc(C)c2c(nc(-c3[c-]ccc4c3oc3ccccc34)n2-c2c(C(C)C)cc(-c3ccccc3)cc2C(C)C)c1C.[2H]C([2H])([2H])c1c[c-]c(-c2cc(C(C)C)c([Si](C)(C)C)cn2)cc1.[Ir]. The zero-order chi connectivity index (χ0) is 47.4. The molecule has 0 atom stereocenters. The van der Waals surface area contributed by atoms with Crippen LogP contribution in [0.1, 0.15) is 103 Å². The molecule has 0 N–H and O–H groups in total. The fourth-order valence-corrected chi connectivity index (χ4v) is 10.4. The molecule has 0 amide bonds. The molecule has 5 aromatic carbocycles. The van der Waals surface area contributed by atoms with Crippen molar-refractivity contribution in [2.24, 2.45) is 0 Å². The van der Waals surface area contributed by atoms with Gasteiger partial charge in [0.05, 0.1) is 36.2 Å². The molecule has 0 aliphatic carbocycles. The number of para-hydroxylation sites is 1. The summed E-state index contributed by atoms with van der Waals surface area (Å²) < 4.78 is 31.2. The largest absolute Gasteiger partial charge is 0.501 e. The van der Waals surface area contributed by atoms with Crippen LogP contribution in [0.2, 0.25) is 19.6 Å². The topological polar surface area (TPSA) is 56.7 Å². The van der Waals surface area contributed by atoms with Crippen molar-refractivity contribution >= 4 is 46.2 Å². The summed E-state index contributed by atoms with van der Waals surface area (Å²) in [5.74, 6) is 1.80. The number of hydrogen-bond donors (Lipinski definition) is 0. The van der Waals surface area contributed by atoms with Gasteiger partial charge in [0.1, 0.15) is 5.58 Å². The third-order valence-electron chi connectivity index (χ3n) is 12.2. The number of hydrogen-bond acceptors (Lipinski definition) is 4. The normalized spacial score (nSPS) is 12.7. The first-order chi connectivity index (χ1) is 31.2. The van der Waals surface area contributed by atoms with Gasteiger partial charge in [-0.25, -0.2) is 0 Å². The van der Waals surface area contributed by atoms with Gasteiger partial charge in [-0.05, 0) is 95.4 Å². The smallest absolute Gasteiger partial charge is 0.120 e. The minimum Gasteiger partial charge on any atom is -0.501 e. The molecule has 0 saturated carbocycles. The first-order valence-corrected chi connectivity index (χ1v) is 25.7. The summed E-state index contributed by atoms with van der Waals surface area (Å²) in [6, 6.07) is 41.5. The van der Waals surface area contributed by atoms with E-state index in [-0.39, 0.29) is 31.9 Å². The summed E-state index contributed by atoms with van der Waals surface area (Å²) in [5, 5.41) is 3.55. The average Bonchev–Trinajstić information content (AvgIpc) is 3.87. The molecular formula is C57H60IrN4OSi-2. The maximum absolute atomic E-state index is 7.44. The fourth-order valence-electron chi connectivity index (χ4n) is 8.74. The van der Waals surface area contributed by atoms with Gasteiger partial charge < -0.3 is 14.0 Å². The van der Waals surface area contributed by atoms with E-state index in [4.69, 9.17) is 18.5 Å². The molecule has 0 spiro atoms. The summed E-state index contributed by atoms with van der Waals surface area (Å²) in [4.78, 5) is 15.0. The van der Waals surface area contributed by atoms with Crippen LogP contribution in [0.3, 0.4) is 0 Å². The number of benzene rings is 5. The summed E-state index contributed by atoms with van der Waals surface area (Å²) in [6.07, 6.45) is 2.00. The third kappa shape index (κ3) is 8.83. The molecule has 0 saturated heterocycles. The number of nitrogens with zero attached hydrogens (tertiary/aromatic N) is 4. The molecule has 5 nitrogen and oxygen atoms in total. The predicted molar refractivity (Wildman–Crippen MR) is 269 cm³/mol. The molecule has 64 heavy (non-hydrogen) atoms. The Balaban J connectivity index is 0.000000236. The van der Waals surface area contributed by atoms with Crippen molar-refractivity contribution in [3.8, 4) is 39.5 Å². The maximum Gasteiger partial charge on any atom is 0.120 e. The van der Waals surface area contributed by atoms with Gasteiger partial charge in [0.2, 0.25) is 0 Å². The summed E-state index contributed by atoms with van der Waals surface area (Å²) in [7, 11) is -1.45. The molecule has 0 aliphatic rings. The van der Waals surface area contributed by atoms with Gasteiger partial charge in [-0.1, -0.05) is 139 Å². The van der Waals surface area contributed by atoms with E-state index < -0.39 is 14.9 Å². The Hall–Kier alpha value is -5.46. The molecular weight excluding hydrogens is 977 g/mol. The van der Waals surface area contributed by atoms with E-state index in [0.29, 0.717) is 11.5 Å². The van der Waals surface area contributed by atoms with Gasteiger partial charge in [0, 0.05) is 47.2 Å². The molecule has 4 heterocycles. The van der Waals surface area contributed by atoms with Crippen LogP contribution in [0.25, 0.3) is 72.4 Å². The van der Waals surface area contributed by atoms with E-state index in [0.717, 1.165) is 72.6 Å². The van der Waals surface area contributed by atoms with E-state index in [9.17, 15) is 0 Å². The van der Waals surface area contributed by atoms with E-state index >= 15 is 0 Å².